The van der Waals surface area contributed by atoms with Crippen molar-refractivity contribution < 1.29 is 0 Å². The van der Waals surface area contributed by atoms with Gasteiger partial charge in [-0.15, -0.1) is 0 Å². The summed E-state index contributed by atoms with van der Waals surface area (Å²) in [5, 5.41) is 0. The van der Waals surface area contributed by atoms with Gasteiger partial charge in [0.05, 0.1) is 12.0 Å². The number of hydrogen-bond acceptors (Lipinski definition) is 2. The minimum atomic E-state index is 0.683. The van der Waals surface area contributed by atoms with E-state index >= 15 is 0 Å². The number of aromatic nitrogens is 2. The molecule has 3 heteroatoms. The van der Waals surface area contributed by atoms with E-state index in [1.54, 1.807) is 5.57 Å². The van der Waals surface area contributed by atoms with Crippen molar-refractivity contribution in [1.82, 2.24) is 9.55 Å². The molecule has 0 amide bonds. The van der Waals surface area contributed by atoms with Crippen molar-refractivity contribution in [2.24, 2.45) is 5.73 Å². The second-order valence-electron chi connectivity index (χ2n) is 4.50. The first kappa shape index (κ1) is 11.4. The molecule has 0 aliphatic heterocycles. The Kier molecular flexibility index (Phi) is 4.17. The Morgan fingerprint density at radius 3 is 3.00 bits per heavy atom. The average molecular weight is 219 g/mol. The van der Waals surface area contributed by atoms with Crippen LogP contribution in [0.15, 0.2) is 24.2 Å². The van der Waals surface area contributed by atoms with Gasteiger partial charge in [-0.3, -0.25) is 0 Å². The van der Waals surface area contributed by atoms with Crippen LogP contribution in [0.1, 0.15) is 37.8 Å². The number of allylic oxidation sites excluding steroid dienone is 2. The van der Waals surface area contributed by atoms with Crippen LogP contribution in [-0.4, -0.2) is 16.1 Å². The highest BCUT2D eigenvalue weighted by molar-refractivity contribution is 5.05. The molecule has 0 spiro atoms. The van der Waals surface area contributed by atoms with Crippen molar-refractivity contribution in [3.63, 3.8) is 0 Å². The van der Waals surface area contributed by atoms with Gasteiger partial charge in [-0.2, -0.15) is 0 Å². The van der Waals surface area contributed by atoms with E-state index in [9.17, 15) is 0 Å². The molecule has 3 nitrogen and oxygen atoms in total. The lowest BCUT2D eigenvalue weighted by Crippen LogP contribution is -2.03. The van der Waals surface area contributed by atoms with Gasteiger partial charge in [0.2, 0.25) is 0 Å². The van der Waals surface area contributed by atoms with Crippen LogP contribution >= 0.6 is 0 Å². The van der Waals surface area contributed by atoms with E-state index in [-0.39, 0.29) is 0 Å². The van der Waals surface area contributed by atoms with Gasteiger partial charge in [0.15, 0.2) is 0 Å². The number of nitrogens with two attached hydrogens (primary N) is 1. The van der Waals surface area contributed by atoms with Crippen LogP contribution in [0.4, 0.5) is 0 Å². The van der Waals surface area contributed by atoms with Gasteiger partial charge in [0.1, 0.15) is 0 Å². The molecule has 2 rings (SSSR count). The Morgan fingerprint density at radius 1 is 1.31 bits per heavy atom. The fourth-order valence-corrected chi connectivity index (χ4v) is 2.21. The number of imidazole rings is 1. The molecule has 1 aliphatic rings. The Hall–Kier alpha value is -1.09. The summed E-state index contributed by atoms with van der Waals surface area (Å²) in [4.78, 5) is 4.33. The first-order valence-corrected chi connectivity index (χ1v) is 6.27. The molecular weight excluding hydrogens is 198 g/mol. The number of nitrogens with zero attached hydrogens (tertiary/aromatic N) is 2. The van der Waals surface area contributed by atoms with Gasteiger partial charge in [0, 0.05) is 19.2 Å². The molecule has 0 saturated carbocycles. The smallest absolute Gasteiger partial charge is 0.0949 e. The lowest BCUT2D eigenvalue weighted by atomic mass is 9.97. The van der Waals surface area contributed by atoms with Gasteiger partial charge in [-0.25, -0.2) is 4.98 Å². The molecule has 0 aromatic carbocycles. The molecule has 0 bridgehead atoms. The third-order valence-electron chi connectivity index (χ3n) is 3.16. The molecule has 1 aromatic rings. The summed E-state index contributed by atoms with van der Waals surface area (Å²) in [6, 6.07) is 0. The van der Waals surface area contributed by atoms with Gasteiger partial charge in [-0.1, -0.05) is 11.6 Å². The summed E-state index contributed by atoms with van der Waals surface area (Å²) in [7, 11) is 0. The van der Waals surface area contributed by atoms with Crippen molar-refractivity contribution in [2.75, 3.05) is 6.54 Å². The zero-order chi connectivity index (χ0) is 11.2. The predicted molar refractivity (Wildman–Crippen MR) is 66.2 cm³/mol. The van der Waals surface area contributed by atoms with E-state index in [1.165, 1.54) is 32.1 Å². The molecule has 1 aliphatic carbocycles. The van der Waals surface area contributed by atoms with E-state index in [1.807, 2.05) is 6.33 Å². The van der Waals surface area contributed by atoms with Crippen LogP contribution in [0.3, 0.4) is 0 Å². The molecule has 0 unspecified atom stereocenters. The average Bonchev–Trinajstić information content (AvgIpc) is 2.76. The molecule has 16 heavy (non-hydrogen) atoms. The summed E-state index contributed by atoms with van der Waals surface area (Å²) < 4.78 is 2.18. The summed E-state index contributed by atoms with van der Waals surface area (Å²) in [6.45, 7) is 1.74. The highest BCUT2D eigenvalue weighted by atomic mass is 15.0. The monoisotopic (exact) mass is 219 g/mol. The summed E-state index contributed by atoms with van der Waals surface area (Å²) in [5.74, 6) is 0. The molecule has 0 fully saturated rings. The molecular formula is C13H21N3. The van der Waals surface area contributed by atoms with Crippen molar-refractivity contribution in [2.45, 2.75) is 45.1 Å². The summed E-state index contributed by atoms with van der Waals surface area (Å²) >= 11 is 0. The van der Waals surface area contributed by atoms with Crippen molar-refractivity contribution in [3.05, 3.63) is 29.9 Å². The first-order valence-electron chi connectivity index (χ1n) is 6.27. The molecule has 0 saturated heterocycles. The van der Waals surface area contributed by atoms with Crippen LogP contribution in [-0.2, 0) is 13.0 Å². The maximum atomic E-state index is 5.50. The largest absolute Gasteiger partial charge is 0.337 e. The Bertz CT molecular complexity index is 352. The van der Waals surface area contributed by atoms with E-state index in [2.05, 4.69) is 21.8 Å². The minimum Gasteiger partial charge on any atom is -0.337 e. The Morgan fingerprint density at radius 2 is 2.25 bits per heavy atom. The topological polar surface area (TPSA) is 43.8 Å². The van der Waals surface area contributed by atoms with Crippen LogP contribution in [0.2, 0.25) is 0 Å². The summed E-state index contributed by atoms with van der Waals surface area (Å²) in [5.41, 5.74) is 8.24. The second kappa shape index (κ2) is 5.85. The van der Waals surface area contributed by atoms with E-state index < -0.39 is 0 Å². The molecule has 88 valence electrons. The zero-order valence-electron chi connectivity index (χ0n) is 9.86. The second-order valence-corrected chi connectivity index (χ2v) is 4.50. The summed E-state index contributed by atoms with van der Waals surface area (Å²) in [6.07, 6.45) is 13.8. The molecule has 1 heterocycles. The van der Waals surface area contributed by atoms with E-state index in [0.29, 0.717) is 6.54 Å². The molecule has 0 atom stereocenters. The fraction of sp³-hybridized carbons (Fsp3) is 0.615. The lowest BCUT2D eigenvalue weighted by molar-refractivity contribution is 0.625. The molecule has 2 N–H and O–H groups in total. The van der Waals surface area contributed by atoms with Crippen molar-refractivity contribution in [3.8, 4) is 0 Å². The SMILES string of the molecule is NCCc1cn(CCC2=CCCCC2)cn1. The quantitative estimate of drug-likeness (QED) is 0.772. The van der Waals surface area contributed by atoms with Crippen molar-refractivity contribution in [1.29, 1.82) is 0 Å². The fourth-order valence-electron chi connectivity index (χ4n) is 2.21. The number of aryl methyl sites for hydroxylation is 1. The third-order valence-corrected chi connectivity index (χ3v) is 3.16. The van der Waals surface area contributed by atoms with Crippen LogP contribution in [0.5, 0.6) is 0 Å². The highest BCUT2D eigenvalue weighted by Crippen LogP contribution is 2.20. The van der Waals surface area contributed by atoms with Crippen molar-refractivity contribution >= 4 is 0 Å². The Balaban J connectivity index is 1.82. The van der Waals surface area contributed by atoms with Gasteiger partial charge < -0.3 is 10.3 Å². The first-order chi connectivity index (χ1) is 7.88. The number of rotatable bonds is 5. The maximum Gasteiger partial charge on any atom is 0.0949 e. The zero-order valence-corrected chi connectivity index (χ0v) is 9.86. The van der Waals surface area contributed by atoms with Gasteiger partial charge in [0.25, 0.3) is 0 Å². The lowest BCUT2D eigenvalue weighted by Gasteiger charge is -2.12. The molecule has 0 radical (unpaired) electrons. The Labute approximate surface area is 97.4 Å². The maximum absolute atomic E-state index is 5.50. The minimum absolute atomic E-state index is 0.683. The van der Waals surface area contributed by atoms with E-state index in [4.69, 9.17) is 5.73 Å². The van der Waals surface area contributed by atoms with Gasteiger partial charge >= 0.3 is 0 Å². The van der Waals surface area contributed by atoms with E-state index in [0.717, 1.165) is 18.7 Å². The van der Waals surface area contributed by atoms with Crippen LogP contribution in [0, 0.1) is 0 Å². The molecule has 1 aromatic heterocycles. The van der Waals surface area contributed by atoms with Crippen LogP contribution < -0.4 is 5.73 Å². The van der Waals surface area contributed by atoms with Crippen LogP contribution in [0.25, 0.3) is 0 Å². The highest BCUT2D eigenvalue weighted by Gasteiger charge is 2.04. The predicted octanol–water partition coefficient (Wildman–Crippen LogP) is 2.27. The third kappa shape index (κ3) is 3.20. The number of hydrogen-bond donors (Lipinski definition) is 1. The van der Waals surface area contributed by atoms with Gasteiger partial charge in [-0.05, 0) is 38.6 Å². The standard InChI is InChI=1S/C13H21N3/c14-8-6-13-10-16(11-15-13)9-7-12-4-2-1-3-5-12/h4,10-11H,1-3,5-9,14H2. The normalized spacial score (nSPS) is 16.2.